The number of hydrogen-bond acceptors (Lipinski definition) is 10. The average molecular weight is 714 g/mol. The summed E-state index contributed by atoms with van der Waals surface area (Å²) < 4.78 is 95.1. The molecule has 270 valence electrons. The van der Waals surface area contributed by atoms with Crippen LogP contribution < -0.4 is 26.4 Å². The fourth-order valence-electron chi connectivity index (χ4n) is 5.68. The molecule has 0 fully saturated rings. The second kappa shape index (κ2) is 14.4. The number of carbonyl (C=O) groups excluding carboxylic acids is 2. The van der Waals surface area contributed by atoms with E-state index in [2.05, 4.69) is 20.3 Å². The van der Waals surface area contributed by atoms with Crippen LogP contribution in [0.25, 0.3) is 0 Å². The van der Waals surface area contributed by atoms with Gasteiger partial charge in [0, 0.05) is 12.0 Å². The number of nitrogens with two attached hydrogens (primary N) is 2. The fraction of sp³-hybridized carbons (Fsp3) is 0.419. The highest BCUT2D eigenvalue weighted by Crippen LogP contribution is 2.51. The Morgan fingerprint density at radius 3 is 2.16 bits per heavy atom. The number of alkyl halides is 6. The molecule has 50 heavy (non-hydrogen) atoms. The minimum Gasteiger partial charge on any atom is -0.481 e. The Morgan fingerprint density at radius 2 is 1.66 bits per heavy atom. The number of pyridine rings is 1. The van der Waals surface area contributed by atoms with Crippen LogP contribution in [0.2, 0.25) is 0 Å². The summed E-state index contributed by atoms with van der Waals surface area (Å²) in [5.41, 5.74) is 7.09. The first kappa shape index (κ1) is 37.8. The van der Waals surface area contributed by atoms with E-state index in [-0.39, 0.29) is 54.3 Å². The number of hydrogen-bond donors (Lipinski definition) is 4. The number of ether oxygens (including phenoxy) is 2. The number of fused-ring (bicyclic) bond motifs is 1. The van der Waals surface area contributed by atoms with Crippen molar-refractivity contribution in [1.82, 2.24) is 15.0 Å². The van der Waals surface area contributed by atoms with E-state index in [0.29, 0.717) is 12.1 Å². The summed E-state index contributed by atoms with van der Waals surface area (Å²) in [6.07, 6.45) is -10.1. The smallest absolute Gasteiger partial charge is 0.416 e. The summed E-state index contributed by atoms with van der Waals surface area (Å²) >= 11 is 0. The number of aromatic nitrogens is 3. The molecule has 1 aliphatic rings. The molecule has 0 aliphatic carbocycles. The predicted molar refractivity (Wildman–Crippen MR) is 164 cm³/mol. The lowest BCUT2D eigenvalue weighted by Gasteiger charge is -2.47. The number of benzene rings is 1. The SMILES string of the molecule is CCOC(=O)N1c2ccc(OC)nc2[C@H](C(c2cc(C(F)(F)F)cc(C(F)(F)F)c2)c2ncc(NC(=O)[C@@H](N)CC(=O)O)cn2)C[C@@]1(N)CC. The monoisotopic (exact) mass is 713 g/mol. The number of anilines is 2. The Balaban J connectivity index is 1.99. The van der Waals surface area contributed by atoms with Crippen molar-refractivity contribution in [3.8, 4) is 5.88 Å². The number of rotatable bonds is 10. The Bertz CT molecular complexity index is 1710. The molecule has 0 saturated heterocycles. The number of methoxy groups -OCH3 is 1. The minimum atomic E-state index is -5.20. The molecule has 1 aromatic carbocycles. The number of halogens is 6. The molecule has 0 radical (unpaired) electrons. The number of aliphatic carboxylic acids is 1. The van der Waals surface area contributed by atoms with Crippen molar-refractivity contribution in [3.63, 3.8) is 0 Å². The molecular formula is C31H33F6N7O6. The molecule has 1 aliphatic heterocycles. The molecule has 2 aromatic heterocycles. The average Bonchev–Trinajstić information content (AvgIpc) is 3.04. The molecule has 3 aromatic rings. The molecule has 4 atom stereocenters. The van der Waals surface area contributed by atoms with Gasteiger partial charge in [0.2, 0.25) is 11.8 Å². The van der Waals surface area contributed by atoms with Crippen LogP contribution in [0, 0.1) is 0 Å². The molecule has 6 N–H and O–H groups in total. The number of carboxylic acids is 1. The predicted octanol–water partition coefficient (Wildman–Crippen LogP) is 5.01. The molecule has 0 saturated carbocycles. The fourth-order valence-corrected chi connectivity index (χ4v) is 5.68. The van der Waals surface area contributed by atoms with Gasteiger partial charge in [0.15, 0.2) is 0 Å². The lowest BCUT2D eigenvalue weighted by molar-refractivity contribution is -0.143. The van der Waals surface area contributed by atoms with Crippen molar-refractivity contribution in [2.24, 2.45) is 11.5 Å². The van der Waals surface area contributed by atoms with Crippen molar-refractivity contribution < 1.29 is 55.3 Å². The van der Waals surface area contributed by atoms with E-state index >= 15 is 0 Å². The maximum atomic E-state index is 14.1. The van der Waals surface area contributed by atoms with Gasteiger partial charge in [-0.25, -0.2) is 19.7 Å². The van der Waals surface area contributed by atoms with Crippen LogP contribution in [-0.4, -0.2) is 63.4 Å². The lowest BCUT2D eigenvalue weighted by atomic mass is 9.73. The molecule has 4 rings (SSSR count). The summed E-state index contributed by atoms with van der Waals surface area (Å²) in [5, 5.41) is 11.2. The number of carbonyl (C=O) groups is 3. The Kier molecular flexibility index (Phi) is 10.9. The summed E-state index contributed by atoms with van der Waals surface area (Å²) in [7, 11) is 1.29. The number of nitrogens with zero attached hydrogens (tertiary/aromatic N) is 4. The van der Waals surface area contributed by atoms with Crippen molar-refractivity contribution in [2.75, 3.05) is 23.9 Å². The largest absolute Gasteiger partial charge is 0.481 e. The van der Waals surface area contributed by atoms with Crippen LogP contribution >= 0.6 is 0 Å². The van der Waals surface area contributed by atoms with Crippen LogP contribution in [0.5, 0.6) is 5.88 Å². The maximum absolute atomic E-state index is 14.1. The van der Waals surface area contributed by atoms with E-state index in [9.17, 15) is 40.7 Å². The van der Waals surface area contributed by atoms with Crippen molar-refractivity contribution >= 4 is 29.3 Å². The molecule has 2 amide bonds. The van der Waals surface area contributed by atoms with E-state index in [4.69, 9.17) is 26.0 Å². The first-order chi connectivity index (χ1) is 23.3. The van der Waals surface area contributed by atoms with Gasteiger partial charge in [-0.1, -0.05) is 6.92 Å². The van der Waals surface area contributed by atoms with Gasteiger partial charge in [-0.05, 0) is 49.6 Å². The zero-order chi connectivity index (χ0) is 37.2. The third-order valence-electron chi connectivity index (χ3n) is 8.08. The molecule has 13 nitrogen and oxygen atoms in total. The molecule has 19 heteroatoms. The zero-order valence-electron chi connectivity index (χ0n) is 26.8. The van der Waals surface area contributed by atoms with Crippen molar-refractivity contribution in [3.05, 3.63) is 70.9 Å². The van der Waals surface area contributed by atoms with Crippen LogP contribution in [0.15, 0.2) is 42.7 Å². The quantitative estimate of drug-likeness (QED) is 0.206. The van der Waals surface area contributed by atoms with Crippen LogP contribution in [0.4, 0.5) is 42.5 Å². The summed E-state index contributed by atoms with van der Waals surface area (Å²) in [5.74, 6) is -5.24. The molecule has 3 heterocycles. The van der Waals surface area contributed by atoms with Crippen molar-refractivity contribution in [2.45, 2.75) is 69.0 Å². The Hall–Kier alpha value is -5.04. The number of nitrogens with one attached hydrogen (secondary N) is 1. The van der Waals surface area contributed by atoms with Gasteiger partial charge in [-0.3, -0.25) is 14.5 Å². The molecular weight excluding hydrogens is 680 g/mol. The third kappa shape index (κ3) is 8.05. The molecule has 0 spiro atoms. The summed E-state index contributed by atoms with van der Waals surface area (Å²) in [6.45, 7) is 3.16. The second-order valence-electron chi connectivity index (χ2n) is 11.4. The van der Waals surface area contributed by atoms with Gasteiger partial charge >= 0.3 is 24.4 Å². The van der Waals surface area contributed by atoms with E-state index < -0.39 is 77.0 Å². The van der Waals surface area contributed by atoms with Crippen LogP contribution in [0.1, 0.15) is 73.2 Å². The Morgan fingerprint density at radius 1 is 1.06 bits per heavy atom. The van der Waals surface area contributed by atoms with Gasteiger partial charge in [-0.2, -0.15) is 26.3 Å². The van der Waals surface area contributed by atoms with Gasteiger partial charge in [0.05, 0.1) is 78.3 Å². The zero-order valence-corrected chi connectivity index (χ0v) is 26.8. The standard InChI is InChI=1S/C31H33F6N7O6/c1-4-29(39)12-19(25-21(6-7-22(43-25)49-3)44(29)28(48)50-5-2)24(15-8-16(30(32,33)34)10-17(9-15)31(35,36)37)26-40-13-18(14-41-26)42-27(47)20(38)11-23(45)46/h6-10,13-14,19-20,24H,4-5,11-12,38-39H2,1-3H3,(H,42,47)(H,45,46)/t19-,20-,24?,29+/m0/s1. The van der Waals surface area contributed by atoms with E-state index in [1.165, 1.54) is 19.2 Å². The maximum Gasteiger partial charge on any atom is 0.416 e. The van der Waals surface area contributed by atoms with Gasteiger partial charge in [-0.15, -0.1) is 0 Å². The van der Waals surface area contributed by atoms with Crippen LogP contribution in [-0.2, 0) is 26.7 Å². The molecule has 0 bridgehead atoms. The van der Waals surface area contributed by atoms with E-state index in [1.807, 2.05) is 0 Å². The summed E-state index contributed by atoms with van der Waals surface area (Å²) in [4.78, 5) is 50.6. The normalized spacial score (nSPS) is 18.9. The van der Waals surface area contributed by atoms with Crippen molar-refractivity contribution in [1.29, 1.82) is 0 Å². The number of amides is 2. The highest BCUT2D eigenvalue weighted by molar-refractivity contribution is 5.96. The summed E-state index contributed by atoms with van der Waals surface area (Å²) in [6, 6.07) is 2.44. The first-order valence-electron chi connectivity index (χ1n) is 15.0. The van der Waals surface area contributed by atoms with Gasteiger partial charge in [0.1, 0.15) is 5.82 Å². The van der Waals surface area contributed by atoms with Gasteiger partial charge < -0.3 is 31.4 Å². The molecule has 1 unspecified atom stereocenters. The highest BCUT2D eigenvalue weighted by atomic mass is 19.4. The number of carboxylic acid groups (broad SMARTS) is 1. The first-order valence-corrected chi connectivity index (χ1v) is 15.0. The van der Waals surface area contributed by atoms with E-state index in [0.717, 1.165) is 17.3 Å². The third-order valence-corrected chi connectivity index (χ3v) is 8.08. The Labute approximate surface area is 281 Å². The van der Waals surface area contributed by atoms with E-state index in [1.54, 1.807) is 13.8 Å². The second-order valence-corrected chi connectivity index (χ2v) is 11.4. The van der Waals surface area contributed by atoms with Crippen LogP contribution in [0.3, 0.4) is 0 Å². The van der Waals surface area contributed by atoms with Gasteiger partial charge in [0.25, 0.3) is 0 Å². The highest BCUT2D eigenvalue weighted by Gasteiger charge is 2.50. The minimum absolute atomic E-state index is 0.00836. The topological polar surface area (TPSA) is 196 Å². The lowest BCUT2D eigenvalue weighted by Crippen LogP contribution is -2.62.